The molecule has 0 radical (unpaired) electrons. The summed E-state index contributed by atoms with van der Waals surface area (Å²) in [7, 11) is -1.65. The minimum atomic E-state index is -3.46. The summed E-state index contributed by atoms with van der Waals surface area (Å²) in [5, 5.41) is 11.6. The van der Waals surface area contributed by atoms with Gasteiger partial charge in [0.1, 0.15) is 23.3 Å². The number of aryl methyl sites for hydroxylation is 1. The molecular weight excluding hydrogens is 508 g/mol. The Morgan fingerprint density at radius 2 is 1.87 bits per heavy atom. The van der Waals surface area contributed by atoms with Crippen molar-refractivity contribution in [2.24, 2.45) is 0 Å². The van der Waals surface area contributed by atoms with E-state index < -0.39 is 15.6 Å². The zero-order valence-electron chi connectivity index (χ0n) is 22.7. The number of anilines is 2. The number of sulfonamides is 1. The number of carbonyl (C=O) groups excluding carboxylic acids is 1. The van der Waals surface area contributed by atoms with Crippen LogP contribution >= 0.6 is 0 Å². The molecule has 0 unspecified atom stereocenters. The van der Waals surface area contributed by atoms with Gasteiger partial charge in [-0.15, -0.1) is 10.2 Å². The normalized spacial score (nSPS) is 14.9. The second-order valence-electron chi connectivity index (χ2n) is 10.3. The first kappa shape index (κ1) is 27.5. The molecule has 11 nitrogen and oxygen atoms in total. The van der Waals surface area contributed by atoms with Gasteiger partial charge in [0.05, 0.1) is 11.4 Å². The molecule has 3 heterocycles. The molecule has 206 valence electrons. The summed E-state index contributed by atoms with van der Waals surface area (Å²) < 4.78 is 41.0. The number of carbonyl (C=O) groups is 1. The number of piperidine rings is 1. The topological polar surface area (TPSA) is 127 Å². The molecule has 4 rings (SSSR count). The molecule has 0 saturated carbocycles. The van der Waals surface area contributed by atoms with Crippen LogP contribution in [-0.2, 0) is 14.8 Å². The van der Waals surface area contributed by atoms with Gasteiger partial charge in [0, 0.05) is 56.0 Å². The lowest BCUT2D eigenvalue weighted by atomic mass is 10.0. The lowest BCUT2D eigenvalue weighted by Gasteiger charge is -2.33. The maximum atomic E-state index is 12.5. The van der Waals surface area contributed by atoms with Crippen molar-refractivity contribution < 1.29 is 22.7 Å². The quantitative estimate of drug-likeness (QED) is 0.451. The van der Waals surface area contributed by atoms with E-state index in [0.717, 1.165) is 22.6 Å². The summed E-state index contributed by atoms with van der Waals surface area (Å²) in [5.74, 6) is 1.30. The molecule has 1 amide bonds. The minimum Gasteiger partial charge on any atom is -0.490 e. The molecule has 0 spiro atoms. The summed E-state index contributed by atoms with van der Waals surface area (Å²) in [4.78, 5) is 14.2. The molecule has 1 aliphatic heterocycles. The van der Waals surface area contributed by atoms with Crippen molar-refractivity contribution in [1.29, 1.82) is 0 Å². The molecule has 0 atom stereocenters. The van der Waals surface area contributed by atoms with Gasteiger partial charge in [-0.05, 0) is 58.9 Å². The zero-order chi connectivity index (χ0) is 27.7. The third kappa shape index (κ3) is 6.29. The second kappa shape index (κ2) is 10.7. The number of hydrogen-bond acceptors (Lipinski definition) is 8. The summed E-state index contributed by atoms with van der Waals surface area (Å²) in [6, 6.07) is 7.20. The number of aromatic nitrogens is 3. The van der Waals surface area contributed by atoms with Crippen molar-refractivity contribution in [3.8, 4) is 16.9 Å². The number of nitrogens with one attached hydrogen (secondary N) is 2. The van der Waals surface area contributed by atoms with Crippen molar-refractivity contribution in [2.75, 3.05) is 35.9 Å². The maximum absolute atomic E-state index is 12.5. The number of likely N-dealkylation sites (tertiary alicyclic amines) is 1. The standard InChI is InChI=1S/C26H36N6O5S/c1-7-38(34,35)30-19-8-9-23(36-20-10-12-31(13-11-20)25(33)37-26(3,4)5)21(15-19)18-14-22(27-6)24-29-28-17(2)32(24)16-18/h8-9,14-16,20,27,30H,7,10-13H2,1-6H3. The molecule has 1 aromatic carbocycles. The Bertz CT molecular complexity index is 1420. The Morgan fingerprint density at radius 3 is 2.50 bits per heavy atom. The first-order valence-electron chi connectivity index (χ1n) is 12.7. The van der Waals surface area contributed by atoms with Gasteiger partial charge in [0.15, 0.2) is 5.65 Å². The average molecular weight is 545 g/mol. The first-order valence-corrected chi connectivity index (χ1v) is 14.4. The van der Waals surface area contributed by atoms with E-state index in [9.17, 15) is 13.2 Å². The fraction of sp³-hybridized carbons (Fsp3) is 0.500. The van der Waals surface area contributed by atoms with Crippen LogP contribution in [0.1, 0.15) is 46.4 Å². The van der Waals surface area contributed by atoms with Gasteiger partial charge in [-0.3, -0.25) is 9.12 Å². The number of rotatable bonds is 7. The van der Waals surface area contributed by atoms with E-state index in [-0.39, 0.29) is 18.0 Å². The van der Waals surface area contributed by atoms with Crippen LogP contribution in [0.4, 0.5) is 16.2 Å². The fourth-order valence-corrected chi connectivity index (χ4v) is 4.90. The van der Waals surface area contributed by atoms with Crippen molar-refractivity contribution in [2.45, 2.75) is 59.2 Å². The molecule has 1 saturated heterocycles. The molecule has 0 bridgehead atoms. The van der Waals surface area contributed by atoms with Crippen LogP contribution in [0, 0.1) is 6.92 Å². The Labute approximate surface area is 223 Å². The molecule has 2 aromatic heterocycles. The molecule has 38 heavy (non-hydrogen) atoms. The van der Waals surface area contributed by atoms with Gasteiger partial charge in [-0.25, -0.2) is 13.2 Å². The maximum Gasteiger partial charge on any atom is 0.410 e. The average Bonchev–Trinajstić information content (AvgIpc) is 3.24. The molecular formula is C26H36N6O5S. The summed E-state index contributed by atoms with van der Waals surface area (Å²) in [5.41, 5.74) is 2.90. The zero-order valence-corrected chi connectivity index (χ0v) is 23.6. The summed E-state index contributed by atoms with van der Waals surface area (Å²) in [6.45, 7) is 10.1. The SMILES string of the molecule is CCS(=O)(=O)Nc1ccc(OC2CCN(C(=O)OC(C)(C)C)CC2)c(-c2cc(NC)c3nnc(C)n3c2)c1. The first-order chi connectivity index (χ1) is 17.9. The van der Waals surface area contributed by atoms with Crippen molar-refractivity contribution >= 4 is 33.1 Å². The third-order valence-electron chi connectivity index (χ3n) is 6.28. The van der Waals surface area contributed by atoms with Crippen LogP contribution in [0.25, 0.3) is 16.8 Å². The highest BCUT2D eigenvalue weighted by molar-refractivity contribution is 7.92. The number of hydrogen-bond donors (Lipinski definition) is 2. The van der Waals surface area contributed by atoms with E-state index in [1.807, 2.05) is 51.4 Å². The summed E-state index contributed by atoms with van der Waals surface area (Å²) in [6.07, 6.45) is 2.77. The smallest absolute Gasteiger partial charge is 0.410 e. The van der Waals surface area contributed by atoms with E-state index in [1.165, 1.54) is 0 Å². The lowest BCUT2D eigenvalue weighted by molar-refractivity contribution is 0.0127. The number of fused-ring (bicyclic) bond motifs is 1. The van der Waals surface area contributed by atoms with Gasteiger partial charge in [0.25, 0.3) is 0 Å². The Kier molecular flexibility index (Phi) is 7.73. The van der Waals surface area contributed by atoms with Crippen molar-refractivity contribution in [3.05, 3.63) is 36.3 Å². The van der Waals surface area contributed by atoms with E-state index in [4.69, 9.17) is 9.47 Å². The highest BCUT2D eigenvalue weighted by Crippen LogP contribution is 2.37. The van der Waals surface area contributed by atoms with Crippen LogP contribution in [-0.4, -0.2) is 71.6 Å². The van der Waals surface area contributed by atoms with E-state index >= 15 is 0 Å². The minimum absolute atomic E-state index is 0.0351. The van der Waals surface area contributed by atoms with Crippen LogP contribution in [0.5, 0.6) is 5.75 Å². The van der Waals surface area contributed by atoms with Crippen LogP contribution < -0.4 is 14.8 Å². The highest BCUT2D eigenvalue weighted by Gasteiger charge is 2.28. The van der Waals surface area contributed by atoms with Crippen LogP contribution in [0.2, 0.25) is 0 Å². The predicted octanol–water partition coefficient (Wildman–Crippen LogP) is 4.29. The van der Waals surface area contributed by atoms with Gasteiger partial charge in [-0.1, -0.05) is 0 Å². The highest BCUT2D eigenvalue weighted by atomic mass is 32.2. The van der Waals surface area contributed by atoms with Crippen molar-refractivity contribution in [1.82, 2.24) is 19.5 Å². The Morgan fingerprint density at radius 1 is 1.16 bits per heavy atom. The molecule has 1 fully saturated rings. The van der Waals surface area contributed by atoms with E-state index in [1.54, 1.807) is 30.0 Å². The summed E-state index contributed by atoms with van der Waals surface area (Å²) >= 11 is 0. The van der Waals surface area contributed by atoms with Crippen LogP contribution in [0.3, 0.4) is 0 Å². The molecule has 0 aliphatic carbocycles. The number of nitrogens with zero attached hydrogens (tertiary/aromatic N) is 4. The number of pyridine rings is 1. The number of amides is 1. The predicted molar refractivity (Wildman–Crippen MR) is 147 cm³/mol. The van der Waals surface area contributed by atoms with Crippen molar-refractivity contribution in [3.63, 3.8) is 0 Å². The molecule has 2 N–H and O–H groups in total. The lowest BCUT2D eigenvalue weighted by Crippen LogP contribution is -2.44. The van der Waals surface area contributed by atoms with Gasteiger partial charge >= 0.3 is 6.09 Å². The van der Waals surface area contributed by atoms with Gasteiger partial charge < -0.3 is 19.7 Å². The molecule has 1 aliphatic rings. The van der Waals surface area contributed by atoms with E-state index in [0.29, 0.717) is 43.0 Å². The third-order valence-corrected chi connectivity index (χ3v) is 7.58. The molecule has 12 heteroatoms. The fourth-order valence-electron chi connectivity index (χ4n) is 4.27. The Hall–Kier alpha value is -3.54. The Balaban J connectivity index is 1.64. The number of benzene rings is 1. The largest absolute Gasteiger partial charge is 0.490 e. The van der Waals surface area contributed by atoms with Gasteiger partial charge in [0.2, 0.25) is 10.0 Å². The molecule has 3 aromatic rings. The van der Waals surface area contributed by atoms with Crippen LogP contribution in [0.15, 0.2) is 30.5 Å². The van der Waals surface area contributed by atoms with E-state index in [2.05, 4.69) is 20.2 Å². The monoisotopic (exact) mass is 544 g/mol. The van der Waals surface area contributed by atoms with Gasteiger partial charge in [-0.2, -0.15) is 0 Å². The number of ether oxygens (including phenoxy) is 2. The second-order valence-corrected chi connectivity index (χ2v) is 12.3.